The van der Waals surface area contributed by atoms with E-state index in [1.807, 2.05) is 12.3 Å². The third kappa shape index (κ3) is 2.84. The highest BCUT2D eigenvalue weighted by atomic mass is 35.5. The van der Waals surface area contributed by atoms with Gasteiger partial charge in [-0.15, -0.1) is 11.3 Å². The Kier molecular flexibility index (Phi) is 4.11. The van der Waals surface area contributed by atoms with E-state index >= 15 is 0 Å². The predicted octanol–water partition coefficient (Wildman–Crippen LogP) is 2.49. The smallest absolute Gasteiger partial charge is 0.269 e. The fraction of sp³-hybridized carbons (Fsp3) is 0.400. The monoisotopic (exact) mass is 273 g/mol. The van der Waals surface area contributed by atoms with Crippen molar-refractivity contribution in [2.75, 3.05) is 13.2 Å². The summed E-state index contributed by atoms with van der Waals surface area (Å²) in [5.41, 5.74) is 5.85. The average molecular weight is 274 g/mol. The first kappa shape index (κ1) is 12.5. The molecule has 0 radical (unpaired) electrons. The van der Waals surface area contributed by atoms with Crippen LogP contribution >= 0.6 is 22.9 Å². The van der Waals surface area contributed by atoms with Gasteiger partial charge in [-0.25, -0.2) is 0 Å². The maximum absolute atomic E-state index is 5.97. The molecule has 2 aromatic rings. The Labute approximate surface area is 108 Å². The molecule has 0 amide bonds. The summed E-state index contributed by atoms with van der Waals surface area (Å²) >= 11 is 7.42. The molecule has 0 aliphatic rings. The summed E-state index contributed by atoms with van der Waals surface area (Å²) in [5, 5.41) is 6.29. The van der Waals surface area contributed by atoms with Gasteiger partial charge in [0.1, 0.15) is 4.88 Å². The van der Waals surface area contributed by atoms with Crippen molar-refractivity contribution in [3.05, 3.63) is 22.3 Å². The van der Waals surface area contributed by atoms with Crippen LogP contribution in [-0.4, -0.2) is 23.4 Å². The van der Waals surface area contributed by atoms with Crippen LogP contribution in [0.2, 0.25) is 5.02 Å². The second-order valence-corrected chi connectivity index (χ2v) is 4.64. The maximum atomic E-state index is 5.97. The van der Waals surface area contributed by atoms with E-state index in [-0.39, 0.29) is 6.04 Å². The molecule has 1 unspecified atom stereocenters. The quantitative estimate of drug-likeness (QED) is 0.906. The van der Waals surface area contributed by atoms with Gasteiger partial charge in [-0.2, -0.15) is 4.98 Å². The number of rotatable bonds is 5. The third-order valence-corrected chi connectivity index (χ3v) is 3.42. The number of ether oxygens (including phenoxy) is 1. The molecule has 0 bridgehead atoms. The first-order chi connectivity index (χ1) is 8.22. The Balaban J connectivity index is 2.13. The molecule has 5 nitrogen and oxygen atoms in total. The van der Waals surface area contributed by atoms with E-state index in [1.54, 1.807) is 6.07 Å². The molecule has 0 spiro atoms. The average Bonchev–Trinajstić information content (AvgIpc) is 2.93. The van der Waals surface area contributed by atoms with Crippen molar-refractivity contribution in [3.63, 3.8) is 0 Å². The number of nitrogens with two attached hydrogens (primary N) is 1. The Morgan fingerprint density at radius 1 is 1.65 bits per heavy atom. The molecule has 2 rings (SSSR count). The SMILES string of the molecule is CCOCC(N)c1noc(-c2sccc2Cl)n1. The second kappa shape index (κ2) is 5.59. The number of thiophene rings is 1. The van der Waals surface area contributed by atoms with E-state index < -0.39 is 0 Å². The van der Waals surface area contributed by atoms with Crippen molar-refractivity contribution in [3.8, 4) is 10.8 Å². The second-order valence-electron chi connectivity index (χ2n) is 3.32. The van der Waals surface area contributed by atoms with E-state index in [0.29, 0.717) is 30.0 Å². The molecule has 2 heterocycles. The summed E-state index contributed by atoms with van der Waals surface area (Å²) in [6.45, 7) is 2.88. The Hall–Kier alpha value is -0.950. The van der Waals surface area contributed by atoms with Gasteiger partial charge in [-0.05, 0) is 18.4 Å². The Bertz CT molecular complexity index is 485. The molecule has 0 saturated heterocycles. The third-order valence-electron chi connectivity index (χ3n) is 2.09. The van der Waals surface area contributed by atoms with Crippen molar-refractivity contribution in [1.82, 2.24) is 10.1 Å². The van der Waals surface area contributed by atoms with Gasteiger partial charge in [0.2, 0.25) is 0 Å². The van der Waals surface area contributed by atoms with Gasteiger partial charge in [0.25, 0.3) is 5.89 Å². The van der Waals surface area contributed by atoms with Gasteiger partial charge in [-0.1, -0.05) is 16.8 Å². The zero-order valence-corrected chi connectivity index (χ0v) is 10.8. The molecular weight excluding hydrogens is 262 g/mol. The van der Waals surface area contributed by atoms with Crippen LogP contribution in [0, 0.1) is 0 Å². The highest BCUT2D eigenvalue weighted by Gasteiger charge is 2.17. The number of aromatic nitrogens is 2. The molecule has 1 atom stereocenters. The molecule has 2 N–H and O–H groups in total. The van der Waals surface area contributed by atoms with Gasteiger partial charge in [0.15, 0.2) is 5.82 Å². The molecule has 2 aromatic heterocycles. The summed E-state index contributed by atoms with van der Waals surface area (Å²) in [5.74, 6) is 0.824. The van der Waals surface area contributed by atoms with Crippen molar-refractivity contribution < 1.29 is 9.26 Å². The van der Waals surface area contributed by atoms with Crippen LogP contribution in [0.1, 0.15) is 18.8 Å². The molecule has 0 saturated carbocycles. The number of nitrogens with zero attached hydrogens (tertiary/aromatic N) is 2. The minimum atomic E-state index is -0.383. The summed E-state index contributed by atoms with van der Waals surface area (Å²) in [6, 6.07) is 1.40. The fourth-order valence-electron chi connectivity index (χ4n) is 1.24. The summed E-state index contributed by atoms with van der Waals surface area (Å²) < 4.78 is 10.3. The Morgan fingerprint density at radius 2 is 2.47 bits per heavy atom. The zero-order chi connectivity index (χ0) is 12.3. The molecule has 0 aliphatic heterocycles. The zero-order valence-electron chi connectivity index (χ0n) is 9.22. The van der Waals surface area contributed by atoms with Gasteiger partial charge < -0.3 is 15.0 Å². The highest BCUT2D eigenvalue weighted by Crippen LogP contribution is 2.32. The van der Waals surface area contributed by atoms with E-state index in [0.717, 1.165) is 4.88 Å². The van der Waals surface area contributed by atoms with E-state index in [4.69, 9.17) is 26.6 Å². The molecular formula is C10H12ClN3O2S. The van der Waals surface area contributed by atoms with Crippen LogP contribution in [0.15, 0.2) is 16.0 Å². The van der Waals surface area contributed by atoms with Crippen LogP contribution in [0.4, 0.5) is 0 Å². The van der Waals surface area contributed by atoms with Crippen molar-refractivity contribution >= 4 is 22.9 Å². The first-order valence-electron chi connectivity index (χ1n) is 5.12. The van der Waals surface area contributed by atoms with E-state index in [1.165, 1.54) is 11.3 Å². The number of hydrogen-bond acceptors (Lipinski definition) is 6. The van der Waals surface area contributed by atoms with Gasteiger partial charge in [-0.3, -0.25) is 0 Å². The molecule has 17 heavy (non-hydrogen) atoms. The van der Waals surface area contributed by atoms with Gasteiger partial charge in [0.05, 0.1) is 17.7 Å². The number of halogens is 1. The maximum Gasteiger partial charge on any atom is 0.269 e. The van der Waals surface area contributed by atoms with Crippen molar-refractivity contribution in [1.29, 1.82) is 0 Å². The van der Waals surface area contributed by atoms with Crippen LogP contribution in [0.3, 0.4) is 0 Å². The highest BCUT2D eigenvalue weighted by molar-refractivity contribution is 7.14. The molecule has 92 valence electrons. The number of hydrogen-bond donors (Lipinski definition) is 1. The van der Waals surface area contributed by atoms with Crippen LogP contribution in [0.5, 0.6) is 0 Å². The molecule has 7 heteroatoms. The first-order valence-corrected chi connectivity index (χ1v) is 6.38. The van der Waals surface area contributed by atoms with Crippen LogP contribution in [-0.2, 0) is 4.74 Å². The topological polar surface area (TPSA) is 74.2 Å². The van der Waals surface area contributed by atoms with E-state index in [9.17, 15) is 0 Å². The molecule has 0 fully saturated rings. The Morgan fingerprint density at radius 3 is 3.12 bits per heavy atom. The van der Waals surface area contributed by atoms with Crippen LogP contribution < -0.4 is 5.73 Å². The van der Waals surface area contributed by atoms with E-state index in [2.05, 4.69) is 10.1 Å². The predicted molar refractivity (Wildman–Crippen MR) is 66.0 cm³/mol. The fourth-order valence-corrected chi connectivity index (χ4v) is 2.30. The lowest BCUT2D eigenvalue weighted by molar-refractivity contribution is 0.130. The van der Waals surface area contributed by atoms with Crippen molar-refractivity contribution in [2.45, 2.75) is 13.0 Å². The largest absolute Gasteiger partial charge is 0.380 e. The molecule has 0 aliphatic carbocycles. The normalized spacial score (nSPS) is 12.9. The minimum Gasteiger partial charge on any atom is -0.380 e. The lowest BCUT2D eigenvalue weighted by Crippen LogP contribution is -2.18. The lowest BCUT2D eigenvalue weighted by Gasteiger charge is -2.05. The molecule has 0 aromatic carbocycles. The summed E-state index contributed by atoms with van der Waals surface area (Å²) in [6.07, 6.45) is 0. The minimum absolute atomic E-state index is 0.369. The summed E-state index contributed by atoms with van der Waals surface area (Å²) in [7, 11) is 0. The van der Waals surface area contributed by atoms with Gasteiger partial charge >= 0.3 is 0 Å². The van der Waals surface area contributed by atoms with Crippen LogP contribution in [0.25, 0.3) is 10.8 Å². The lowest BCUT2D eigenvalue weighted by atomic mass is 10.3. The van der Waals surface area contributed by atoms with Crippen molar-refractivity contribution in [2.24, 2.45) is 5.73 Å². The summed E-state index contributed by atoms with van der Waals surface area (Å²) in [4.78, 5) is 4.97. The van der Waals surface area contributed by atoms with Gasteiger partial charge in [0, 0.05) is 6.61 Å². The standard InChI is InChI=1S/C10H12ClN3O2S/c1-2-15-5-7(12)9-13-10(16-14-9)8-6(11)3-4-17-8/h3-4,7H,2,5,12H2,1H3.